The molecule has 0 fully saturated rings. The lowest BCUT2D eigenvalue weighted by Gasteiger charge is -2.19. The number of methoxy groups -OCH3 is 2. The van der Waals surface area contributed by atoms with E-state index in [0.717, 1.165) is 0 Å². The number of aryl methyl sites for hydroxylation is 4. The first-order valence-electron chi connectivity index (χ1n) is 19.7. The number of ether oxygens (including phenoxy) is 3. The minimum absolute atomic E-state index is 0.0199. The van der Waals surface area contributed by atoms with Crippen molar-refractivity contribution < 1.29 is 44.6 Å². The summed E-state index contributed by atoms with van der Waals surface area (Å²) in [6.07, 6.45) is 4.71. The Morgan fingerprint density at radius 1 is 0.682 bits per heavy atom. The van der Waals surface area contributed by atoms with E-state index in [1.807, 2.05) is 32.4 Å². The molecule has 0 atom stereocenters. The minimum atomic E-state index is -4.34. The van der Waals surface area contributed by atoms with Crippen LogP contribution < -0.4 is 29.4 Å². The maximum Gasteiger partial charge on any atom is 0.333 e. The Kier molecular flexibility index (Phi) is 17.2. The van der Waals surface area contributed by atoms with Gasteiger partial charge in [0, 0.05) is 64.0 Å². The van der Waals surface area contributed by atoms with Gasteiger partial charge in [0.15, 0.2) is 5.75 Å². The summed E-state index contributed by atoms with van der Waals surface area (Å²) in [6, 6.07) is 14.1. The second kappa shape index (κ2) is 22.1. The Morgan fingerprint density at radius 2 is 1.12 bits per heavy atom. The zero-order valence-electron chi connectivity index (χ0n) is 37.6. The molecule has 0 aliphatic rings. The van der Waals surface area contributed by atoms with Crippen LogP contribution in [0.15, 0.2) is 83.4 Å². The summed E-state index contributed by atoms with van der Waals surface area (Å²) in [5, 5.41) is 15.4. The van der Waals surface area contributed by atoms with Crippen LogP contribution in [-0.2, 0) is 20.0 Å². The molecular formula is C44H48F2N10O8S2. The molecule has 0 saturated carbocycles. The molecule has 0 unspecified atom stereocenters. The zero-order valence-corrected chi connectivity index (χ0v) is 39.3. The molecule has 22 heteroatoms. The lowest BCUT2D eigenvalue weighted by Crippen LogP contribution is -2.36. The SMILES string of the molecule is COc1cc(-c2cc(F)cc(C(C)C)c2NC(=O)NS(=O)(=O)c2nc(C)cc(C)n2)ccn1.COc1cc(-c2cc(F)cc(C(C)C)c2OC#N)ccn1.Cc1cc(C)nc(S(N)(=O)=O)n1. The summed E-state index contributed by atoms with van der Waals surface area (Å²) >= 11 is 0. The van der Waals surface area contributed by atoms with Gasteiger partial charge in [0.05, 0.1) is 19.9 Å². The van der Waals surface area contributed by atoms with E-state index < -0.39 is 37.1 Å². The Balaban J connectivity index is 0.000000244. The number of urea groups is 1. The van der Waals surface area contributed by atoms with Gasteiger partial charge < -0.3 is 19.5 Å². The number of nitrogens with one attached hydrogen (secondary N) is 2. The normalized spacial score (nSPS) is 11.1. The fraction of sp³-hybridized carbons (Fsp3) is 0.273. The standard InChI is InChI=1S/C22H24FN5O4S.C16H15FN2O2.C6H9N3O2S/c1-12(2)17-10-16(23)11-18(15-6-7-24-19(9-15)32-5)20(17)27-21(29)28-33(30,31)22-25-13(3)8-14(4)26-22;1-10(2)13-7-12(17)8-14(16(13)21-9-18)11-4-5-19-15(6-11)20-3;1-4-3-5(2)9-6(8-4)12(7,10)11/h6-12H,1-5H3,(H2,27,28,29);4-8,10H,1-3H3;3H,1-2H3,(H2,7,10,11). The van der Waals surface area contributed by atoms with E-state index in [-0.39, 0.29) is 28.5 Å². The van der Waals surface area contributed by atoms with Crippen molar-refractivity contribution in [3.63, 3.8) is 0 Å². The highest BCUT2D eigenvalue weighted by molar-refractivity contribution is 7.90. The van der Waals surface area contributed by atoms with Crippen molar-refractivity contribution in [1.82, 2.24) is 34.6 Å². The molecule has 0 bridgehead atoms. The van der Waals surface area contributed by atoms with Crippen molar-refractivity contribution in [1.29, 1.82) is 5.26 Å². The maximum atomic E-state index is 14.5. The van der Waals surface area contributed by atoms with Crippen LogP contribution in [0, 0.1) is 50.8 Å². The van der Waals surface area contributed by atoms with Crippen molar-refractivity contribution in [2.45, 2.75) is 77.5 Å². The molecule has 0 radical (unpaired) electrons. The lowest BCUT2D eigenvalue weighted by molar-refractivity contribution is 0.256. The van der Waals surface area contributed by atoms with Crippen molar-refractivity contribution in [3.8, 4) is 46.0 Å². The van der Waals surface area contributed by atoms with Gasteiger partial charge in [0.25, 0.3) is 26.6 Å². The summed E-state index contributed by atoms with van der Waals surface area (Å²) in [5.74, 6) is 0.0200. The fourth-order valence-corrected chi connectivity index (χ4v) is 7.64. The van der Waals surface area contributed by atoms with Gasteiger partial charge in [0.2, 0.25) is 11.8 Å². The molecule has 2 aromatic carbocycles. The van der Waals surface area contributed by atoms with Gasteiger partial charge in [-0.2, -0.15) is 8.42 Å². The topological polar surface area (TPSA) is 264 Å². The van der Waals surface area contributed by atoms with Gasteiger partial charge in [-0.25, -0.2) is 61.8 Å². The highest BCUT2D eigenvalue weighted by Crippen LogP contribution is 2.39. The molecule has 348 valence electrons. The van der Waals surface area contributed by atoms with Crippen molar-refractivity contribution >= 4 is 31.8 Å². The van der Waals surface area contributed by atoms with Gasteiger partial charge in [0.1, 0.15) is 11.6 Å². The average Bonchev–Trinajstić information content (AvgIpc) is 3.23. The number of rotatable bonds is 11. The summed E-state index contributed by atoms with van der Waals surface area (Å²) in [6.45, 7) is 14.1. The number of aromatic nitrogens is 6. The molecular weight excluding hydrogens is 899 g/mol. The third kappa shape index (κ3) is 13.9. The molecule has 4 N–H and O–H groups in total. The van der Waals surface area contributed by atoms with Gasteiger partial charge in [-0.05, 0) is 105 Å². The summed E-state index contributed by atoms with van der Waals surface area (Å²) in [5.41, 5.74) is 5.49. The van der Waals surface area contributed by atoms with Crippen LogP contribution in [0.2, 0.25) is 0 Å². The number of hydrogen-bond donors (Lipinski definition) is 3. The Hall–Kier alpha value is -7.22. The second-order valence-corrected chi connectivity index (χ2v) is 18.0. The Morgan fingerprint density at radius 3 is 1.56 bits per heavy atom. The van der Waals surface area contributed by atoms with Crippen LogP contribution in [0.4, 0.5) is 19.3 Å². The lowest BCUT2D eigenvalue weighted by atomic mass is 9.94. The molecule has 0 spiro atoms. The van der Waals surface area contributed by atoms with Crippen LogP contribution in [-0.4, -0.2) is 67.0 Å². The second-order valence-electron chi connectivity index (χ2n) is 14.9. The number of hydrogen-bond acceptors (Lipinski definition) is 15. The molecule has 6 rings (SSSR count). The molecule has 2 amide bonds. The molecule has 0 aliphatic carbocycles. The first kappa shape index (κ1) is 51.4. The molecule has 4 heterocycles. The van der Waals surface area contributed by atoms with E-state index in [1.165, 1.54) is 44.7 Å². The zero-order chi connectivity index (χ0) is 49.1. The largest absolute Gasteiger partial charge is 0.481 e. The average molecular weight is 947 g/mol. The number of pyridine rings is 2. The monoisotopic (exact) mass is 946 g/mol. The van der Waals surface area contributed by atoms with Crippen LogP contribution in [0.25, 0.3) is 22.3 Å². The molecule has 66 heavy (non-hydrogen) atoms. The molecule has 0 saturated heterocycles. The molecule has 0 aliphatic heterocycles. The Bertz CT molecular complexity index is 2970. The number of nitriles is 1. The number of carbonyl (C=O) groups is 1. The van der Waals surface area contributed by atoms with Gasteiger partial charge in [-0.15, -0.1) is 5.26 Å². The van der Waals surface area contributed by atoms with Crippen LogP contribution in [0.1, 0.15) is 73.4 Å². The van der Waals surface area contributed by atoms with Gasteiger partial charge in [-0.1, -0.05) is 27.7 Å². The number of primary sulfonamides is 1. The first-order valence-corrected chi connectivity index (χ1v) is 22.7. The van der Waals surface area contributed by atoms with Crippen LogP contribution in [0.5, 0.6) is 17.5 Å². The fourth-order valence-electron chi connectivity index (χ4n) is 6.19. The quantitative estimate of drug-likeness (QED) is 0.0836. The molecule has 6 aromatic rings. The van der Waals surface area contributed by atoms with Crippen molar-refractivity contribution in [2.75, 3.05) is 19.5 Å². The van der Waals surface area contributed by atoms with Crippen LogP contribution >= 0.6 is 0 Å². The van der Waals surface area contributed by atoms with Gasteiger partial charge in [-0.3, -0.25) is 0 Å². The molecule has 18 nitrogen and oxygen atoms in total. The number of carbonyl (C=O) groups excluding carboxylic acids is 1. The predicted octanol–water partition coefficient (Wildman–Crippen LogP) is 7.56. The third-order valence-corrected chi connectivity index (χ3v) is 10.8. The Labute approximate surface area is 381 Å². The maximum absolute atomic E-state index is 14.5. The number of amides is 2. The van der Waals surface area contributed by atoms with E-state index in [4.69, 9.17) is 24.6 Å². The van der Waals surface area contributed by atoms with Crippen LogP contribution in [0.3, 0.4) is 0 Å². The summed E-state index contributed by atoms with van der Waals surface area (Å²) < 4.78 is 92.5. The number of nitrogens with zero attached hydrogens (tertiary/aromatic N) is 7. The molecule has 4 aromatic heterocycles. The first-order chi connectivity index (χ1) is 31.0. The number of halogens is 2. The van der Waals surface area contributed by atoms with E-state index in [1.54, 1.807) is 76.5 Å². The number of anilines is 1. The van der Waals surface area contributed by atoms with E-state index >= 15 is 0 Å². The highest BCUT2D eigenvalue weighted by atomic mass is 32.2. The van der Waals surface area contributed by atoms with E-state index in [0.29, 0.717) is 73.7 Å². The van der Waals surface area contributed by atoms with Crippen molar-refractivity contribution in [2.24, 2.45) is 5.14 Å². The third-order valence-electron chi connectivity index (χ3n) is 9.00. The van der Waals surface area contributed by atoms with E-state index in [9.17, 15) is 30.4 Å². The number of nitrogens with two attached hydrogens (primary N) is 1. The summed E-state index contributed by atoms with van der Waals surface area (Å²) in [4.78, 5) is 36.0. The highest BCUT2D eigenvalue weighted by Gasteiger charge is 2.25. The van der Waals surface area contributed by atoms with E-state index in [2.05, 4.69) is 35.2 Å². The van der Waals surface area contributed by atoms with Crippen molar-refractivity contribution in [3.05, 3.63) is 119 Å². The smallest absolute Gasteiger partial charge is 0.333 e. The minimum Gasteiger partial charge on any atom is -0.481 e. The summed E-state index contributed by atoms with van der Waals surface area (Å²) in [7, 11) is -5.16. The predicted molar refractivity (Wildman–Crippen MR) is 241 cm³/mol. The number of sulfonamides is 2. The van der Waals surface area contributed by atoms with Gasteiger partial charge >= 0.3 is 16.1 Å². The number of benzene rings is 2.